The van der Waals surface area contributed by atoms with Crippen molar-refractivity contribution in [3.05, 3.63) is 76.0 Å². The van der Waals surface area contributed by atoms with Crippen LogP contribution in [0, 0.1) is 18.2 Å². The Bertz CT molecular complexity index is 1380. The van der Waals surface area contributed by atoms with Crippen molar-refractivity contribution in [3.8, 4) is 11.6 Å². The van der Waals surface area contributed by atoms with Crippen LogP contribution in [0.5, 0.6) is 11.6 Å². The molecule has 10 heteroatoms. The Balaban J connectivity index is 1.31. The lowest BCUT2D eigenvalue weighted by molar-refractivity contribution is 0.132. The van der Waals surface area contributed by atoms with E-state index >= 15 is 4.39 Å². The van der Waals surface area contributed by atoms with E-state index < -0.39 is 11.6 Å². The monoisotopic (exact) mass is 503 g/mol. The van der Waals surface area contributed by atoms with Gasteiger partial charge >= 0.3 is 0 Å². The largest absolute Gasteiger partial charge is 0.446 e. The molecule has 0 amide bonds. The maximum absolute atomic E-state index is 15.1. The molecule has 8 nitrogen and oxygen atoms in total. The Hall–Kier alpha value is -3.94. The molecule has 0 radical (unpaired) electrons. The lowest BCUT2D eigenvalue weighted by Crippen LogP contribution is -2.45. The van der Waals surface area contributed by atoms with E-state index in [4.69, 9.17) is 11.3 Å². The van der Waals surface area contributed by atoms with Crippen molar-refractivity contribution in [2.24, 2.45) is 0 Å². The molecule has 2 aromatic heterocycles. The van der Waals surface area contributed by atoms with E-state index in [1.807, 2.05) is 19.1 Å². The number of nitrogens with zero attached hydrogens (tertiary/aromatic N) is 6. The standard InChI is InChI=1S/C27H27F2N7O/c1-4-35-7-9-36(10-8-35)15-18-5-6-23(31-14-18)34-26-25(30-3)27(33-16-32-26)37-22-13-21(28)19-11-17(2)12-20(19)24(22)29/h5-6,12-14,16H,4,7-11,15H2,1-2H3,(H,31,32,33,34). The van der Waals surface area contributed by atoms with Gasteiger partial charge in [-0.2, -0.15) is 0 Å². The van der Waals surface area contributed by atoms with Crippen LogP contribution < -0.4 is 10.1 Å². The number of hydrogen-bond acceptors (Lipinski definition) is 7. The van der Waals surface area contributed by atoms with Gasteiger partial charge in [-0.3, -0.25) is 4.90 Å². The number of nitrogens with one attached hydrogen (secondary N) is 1. The van der Waals surface area contributed by atoms with Gasteiger partial charge in [-0.1, -0.05) is 24.6 Å². The summed E-state index contributed by atoms with van der Waals surface area (Å²) in [6, 6.07) is 4.79. The normalized spacial score (nSPS) is 15.7. The molecule has 5 rings (SSSR count). The number of ether oxygens (including phenoxy) is 1. The number of allylic oxidation sites excluding steroid dienone is 1. The average molecular weight is 504 g/mol. The van der Waals surface area contributed by atoms with Gasteiger partial charge in [0.05, 0.1) is 6.57 Å². The number of piperazine rings is 1. The van der Waals surface area contributed by atoms with E-state index in [-0.39, 0.29) is 28.7 Å². The van der Waals surface area contributed by atoms with Crippen molar-refractivity contribution in [1.82, 2.24) is 24.8 Å². The molecular weight excluding hydrogens is 476 g/mol. The first-order chi connectivity index (χ1) is 17.9. The fraction of sp³-hybridized carbons (Fsp3) is 0.333. The molecule has 0 unspecified atom stereocenters. The number of benzene rings is 1. The molecule has 190 valence electrons. The van der Waals surface area contributed by atoms with Crippen molar-refractivity contribution in [2.45, 2.75) is 26.8 Å². The van der Waals surface area contributed by atoms with Crippen LogP contribution in [-0.2, 0) is 13.0 Å². The zero-order valence-corrected chi connectivity index (χ0v) is 20.8. The van der Waals surface area contributed by atoms with Gasteiger partial charge in [-0.05, 0) is 31.5 Å². The minimum atomic E-state index is -0.689. The van der Waals surface area contributed by atoms with Gasteiger partial charge in [-0.25, -0.2) is 28.6 Å². The Morgan fingerprint density at radius 1 is 1.11 bits per heavy atom. The van der Waals surface area contributed by atoms with E-state index in [0.29, 0.717) is 17.8 Å². The van der Waals surface area contributed by atoms with Gasteiger partial charge < -0.3 is 15.0 Å². The van der Waals surface area contributed by atoms with Gasteiger partial charge in [-0.15, -0.1) is 0 Å². The minimum absolute atomic E-state index is 0.0609. The van der Waals surface area contributed by atoms with Crippen LogP contribution in [0.1, 0.15) is 30.5 Å². The van der Waals surface area contributed by atoms with Crippen LogP contribution in [0.25, 0.3) is 10.9 Å². The molecule has 3 heterocycles. The first-order valence-electron chi connectivity index (χ1n) is 12.2. The van der Waals surface area contributed by atoms with Gasteiger partial charge in [0.2, 0.25) is 5.88 Å². The SMILES string of the molecule is [C-]#[N+]c1c(Nc2ccc(CN3CCN(CC)CC3)cn2)ncnc1Oc1cc(F)c2c(c1F)C=C(C)C2. The maximum atomic E-state index is 15.1. The van der Waals surface area contributed by atoms with Gasteiger partial charge in [0.1, 0.15) is 23.8 Å². The minimum Gasteiger partial charge on any atom is -0.446 e. The summed E-state index contributed by atoms with van der Waals surface area (Å²) in [5.41, 5.74) is 2.36. The summed E-state index contributed by atoms with van der Waals surface area (Å²) >= 11 is 0. The van der Waals surface area contributed by atoms with Gasteiger partial charge in [0.25, 0.3) is 5.69 Å². The van der Waals surface area contributed by atoms with Crippen LogP contribution in [0.15, 0.2) is 36.3 Å². The summed E-state index contributed by atoms with van der Waals surface area (Å²) in [6.07, 6.45) is 4.95. The highest BCUT2D eigenvalue weighted by Gasteiger charge is 2.24. The molecule has 1 aromatic carbocycles. The van der Waals surface area contributed by atoms with E-state index in [1.54, 1.807) is 12.3 Å². The Morgan fingerprint density at radius 3 is 2.59 bits per heavy atom. The second-order valence-electron chi connectivity index (χ2n) is 9.21. The molecule has 3 aromatic rings. The van der Waals surface area contributed by atoms with Crippen LogP contribution >= 0.6 is 0 Å². The topological polar surface area (TPSA) is 70.8 Å². The Morgan fingerprint density at radius 2 is 1.89 bits per heavy atom. The van der Waals surface area contributed by atoms with Crippen molar-refractivity contribution in [2.75, 3.05) is 38.0 Å². The molecule has 1 aliphatic carbocycles. The number of likely N-dealkylation sites (N-methyl/N-ethyl adjacent to an activating group) is 1. The van der Waals surface area contributed by atoms with E-state index in [0.717, 1.165) is 56.5 Å². The summed E-state index contributed by atoms with van der Waals surface area (Å²) < 4.78 is 35.2. The number of aromatic nitrogens is 3. The summed E-state index contributed by atoms with van der Waals surface area (Å²) in [5.74, 6) is -1.11. The molecule has 1 N–H and O–H groups in total. The van der Waals surface area contributed by atoms with Crippen molar-refractivity contribution in [3.63, 3.8) is 0 Å². The Labute approximate surface area is 214 Å². The third-order valence-electron chi connectivity index (χ3n) is 6.67. The summed E-state index contributed by atoms with van der Waals surface area (Å²) in [5, 5.41) is 3.01. The molecule has 0 spiro atoms. The molecule has 37 heavy (non-hydrogen) atoms. The highest BCUT2D eigenvalue weighted by Crippen LogP contribution is 2.40. The lowest BCUT2D eigenvalue weighted by atomic mass is 10.1. The predicted octanol–water partition coefficient (Wildman–Crippen LogP) is 5.33. The van der Waals surface area contributed by atoms with Crippen LogP contribution in [0.3, 0.4) is 0 Å². The fourth-order valence-electron chi connectivity index (χ4n) is 4.61. The van der Waals surface area contributed by atoms with Crippen molar-refractivity contribution in [1.29, 1.82) is 0 Å². The fourth-order valence-corrected chi connectivity index (χ4v) is 4.61. The molecule has 2 aliphatic rings. The maximum Gasteiger partial charge on any atom is 0.288 e. The van der Waals surface area contributed by atoms with Crippen molar-refractivity contribution < 1.29 is 13.5 Å². The highest BCUT2D eigenvalue weighted by atomic mass is 19.1. The summed E-state index contributed by atoms with van der Waals surface area (Å²) in [7, 11) is 0. The van der Waals surface area contributed by atoms with Crippen molar-refractivity contribution >= 4 is 23.4 Å². The highest BCUT2D eigenvalue weighted by molar-refractivity contribution is 5.75. The molecule has 1 saturated heterocycles. The zero-order chi connectivity index (χ0) is 25.9. The molecule has 1 aliphatic heterocycles. The second-order valence-corrected chi connectivity index (χ2v) is 9.21. The predicted molar refractivity (Wildman–Crippen MR) is 137 cm³/mol. The third-order valence-corrected chi connectivity index (χ3v) is 6.67. The second kappa shape index (κ2) is 10.6. The smallest absolute Gasteiger partial charge is 0.288 e. The summed E-state index contributed by atoms with van der Waals surface area (Å²) in [6.45, 7) is 17.7. The molecule has 1 fully saturated rings. The first-order valence-corrected chi connectivity index (χ1v) is 12.2. The van der Waals surface area contributed by atoms with Gasteiger partial charge in [0, 0.05) is 56.1 Å². The summed E-state index contributed by atoms with van der Waals surface area (Å²) in [4.78, 5) is 20.9. The number of pyridine rings is 1. The zero-order valence-electron chi connectivity index (χ0n) is 20.8. The van der Waals surface area contributed by atoms with Crippen LogP contribution in [-0.4, -0.2) is 57.5 Å². The van der Waals surface area contributed by atoms with E-state index in [9.17, 15) is 4.39 Å². The number of fused-ring (bicyclic) bond motifs is 1. The number of anilines is 2. The van der Waals surface area contributed by atoms with Crippen LogP contribution in [0.2, 0.25) is 0 Å². The van der Waals surface area contributed by atoms with E-state index in [1.165, 1.54) is 6.33 Å². The number of halogens is 2. The van der Waals surface area contributed by atoms with Gasteiger partial charge in [0.15, 0.2) is 11.6 Å². The quantitative estimate of drug-likeness (QED) is 0.437. The molecule has 0 atom stereocenters. The molecule has 0 bridgehead atoms. The number of rotatable bonds is 7. The Kier molecular flexibility index (Phi) is 7.08. The lowest BCUT2D eigenvalue weighted by Gasteiger charge is -2.33. The van der Waals surface area contributed by atoms with E-state index in [2.05, 4.69) is 41.8 Å². The molecular formula is C27H27F2N7O. The third kappa shape index (κ3) is 5.28. The van der Waals surface area contributed by atoms with Crippen LogP contribution in [0.4, 0.5) is 26.1 Å². The number of hydrogen-bond donors (Lipinski definition) is 1. The average Bonchev–Trinajstić information content (AvgIpc) is 3.31. The molecule has 0 saturated carbocycles. The first kappa shape index (κ1) is 24.7.